The molecule has 26 heavy (non-hydrogen) atoms. The van der Waals surface area contributed by atoms with Gasteiger partial charge in [-0.05, 0) is 73.2 Å². The van der Waals surface area contributed by atoms with Crippen molar-refractivity contribution in [2.45, 2.75) is 6.92 Å². The topological polar surface area (TPSA) is 64.2 Å². The Morgan fingerprint density at radius 3 is 2.46 bits per heavy atom. The van der Waals surface area contributed by atoms with Gasteiger partial charge in [0.15, 0.2) is 5.78 Å². The number of rotatable bonds is 6. The minimum Gasteiger partial charge on any atom is -0.497 e. The number of benzene rings is 2. The first kappa shape index (κ1) is 17.5. The number of ether oxygens (including phenoxy) is 2. The van der Waals surface area contributed by atoms with Crippen LogP contribution in [-0.2, 0) is 0 Å². The second-order valence-corrected chi connectivity index (χ2v) is 5.82. The molecule has 0 saturated carbocycles. The lowest BCUT2D eigenvalue weighted by atomic mass is 10.1. The smallest absolute Gasteiger partial charge is 0.185 e. The van der Waals surface area contributed by atoms with Crippen LogP contribution in [0.1, 0.15) is 21.6 Å². The highest BCUT2D eigenvalue weighted by molar-refractivity contribution is 6.06. The Bertz CT molecular complexity index is 940. The van der Waals surface area contributed by atoms with E-state index < -0.39 is 0 Å². The van der Waals surface area contributed by atoms with Crippen molar-refractivity contribution in [2.75, 3.05) is 14.2 Å². The number of ketones is 1. The van der Waals surface area contributed by atoms with Crippen LogP contribution in [0.25, 0.3) is 17.3 Å². The third-order valence-corrected chi connectivity index (χ3v) is 4.08. The first-order valence-electron chi connectivity index (χ1n) is 8.17. The fourth-order valence-corrected chi connectivity index (χ4v) is 2.62. The maximum absolute atomic E-state index is 12.2. The minimum absolute atomic E-state index is 0.0795. The quantitative estimate of drug-likeness (QED) is 0.533. The Morgan fingerprint density at radius 2 is 1.81 bits per heavy atom. The van der Waals surface area contributed by atoms with Crippen molar-refractivity contribution >= 4 is 11.9 Å². The Hall–Kier alpha value is -3.34. The zero-order chi connectivity index (χ0) is 18.5. The number of aromatic amines is 1. The average molecular weight is 348 g/mol. The molecule has 0 unspecified atom stereocenters. The highest BCUT2D eigenvalue weighted by Crippen LogP contribution is 2.25. The lowest BCUT2D eigenvalue weighted by Gasteiger charge is -2.05. The Morgan fingerprint density at radius 1 is 1.04 bits per heavy atom. The summed E-state index contributed by atoms with van der Waals surface area (Å²) in [5.41, 5.74) is 4.20. The molecule has 0 aliphatic rings. The summed E-state index contributed by atoms with van der Waals surface area (Å²) >= 11 is 0. The van der Waals surface area contributed by atoms with E-state index >= 15 is 0 Å². The summed E-state index contributed by atoms with van der Waals surface area (Å²) in [6.07, 6.45) is 3.25. The fraction of sp³-hybridized carbons (Fsp3) is 0.143. The van der Waals surface area contributed by atoms with E-state index in [9.17, 15) is 4.79 Å². The number of methoxy groups -OCH3 is 2. The van der Waals surface area contributed by atoms with Crippen LogP contribution in [0.2, 0.25) is 0 Å². The average Bonchev–Trinajstić information content (AvgIpc) is 3.15. The van der Waals surface area contributed by atoms with Crippen molar-refractivity contribution in [2.24, 2.45) is 0 Å². The molecule has 0 aliphatic heterocycles. The third kappa shape index (κ3) is 3.83. The Balaban J connectivity index is 1.74. The molecule has 0 atom stereocenters. The molecule has 5 nitrogen and oxygen atoms in total. The zero-order valence-electron chi connectivity index (χ0n) is 14.9. The maximum Gasteiger partial charge on any atom is 0.185 e. The molecule has 0 radical (unpaired) electrons. The van der Waals surface area contributed by atoms with E-state index in [4.69, 9.17) is 9.47 Å². The van der Waals surface area contributed by atoms with E-state index in [0.29, 0.717) is 5.56 Å². The van der Waals surface area contributed by atoms with Crippen molar-refractivity contribution in [3.05, 3.63) is 71.4 Å². The number of carbonyl (C=O) groups excluding carboxylic acids is 1. The Labute approximate surface area is 152 Å². The highest BCUT2D eigenvalue weighted by Gasteiger charge is 2.06. The number of nitrogens with zero attached hydrogens (tertiary/aromatic N) is 1. The molecule has 1 N–H and O–H groups in total. The number of carbonyl (C=O) groups is 1. The minimum atomic E-state index is -0.0795. The number of aromatic nitrogens is 2. The van der Waals surface area contributed by atoms with Gasteiger partial charge in [0.2, 0.25) is 0 Å². The first-order valence-corrected chi connectivity index (χ1v) is 8.17. The fourth-order valence-electron chi connectivity index (χ4n) is 2.62. The van der Waals surface area contributed by atoms with Crippen LogP contribution >= 0.6 is 0 Å². The van der Waals surface area contributed by atoms with E-state index in [-0.39, 0.29) is 5.78 Å². The molecule has 1 heterocycles. The second kappa shape index (κ2) is 7.70. The number of allylic oxidation sites excluding steroid dienone is 1. The predicted molar refractivity (Wildman–Crippen MR) is 102 cm³/mol. The standard InChI is InChI=1S/C21H20N2O3/c1-14-12-16(6-11-21(14)26-3)19-13-17(22-23-19)7-10-20(24)15-4-8-18(25-2)9-5-15/h4-13H,1-3H3,(H,22,23)/b10-7+. The van der Waals surface area contributed by atoms with Gasteiger partial charge in [-0.2, -0.15) is 5.10 Å². The summed E-state index contributed by atoms with van der Waals surface area (Å²) in [7, 11) is 3.25. The molecule has 0 bridgehead atoms. The van der Waals surface area contributed by atoms with E-state index in [1.807, 2.05) is 31.2 Å². The van der Waals surface area contributed by atoms with Gasteiger partial charge >= 0.3 is 0 Å². The van der Waals surface area contributed by atoms with E-state index in [2.05, 4.69) is 10.2 Å². The normalized spacial score (nSPS) is 10.9. The summed E-state index contributed by atoms with van der Waals surface area (Å²) in [6, 6.07) is 14.8. The van der Waals surface area contributed by atoms with Crippen LogP contribution in [-0.4, -0.2) is 30.2 Å². The number of hydrogen-bond acceptors (Lipinski definition) is 4. The monoisotopic (exact) mass is 348 g/mol. The summed E-state index contributed by atoms with van der Waals surface area (Å²) in [6.45, 7) is 1.99. The van der Waals surface area contributed by atoms with Gasteiger partial charge in [-0.3, -0.25) is 9.89 Å². The van der Waals surface area contributed by atoms with Crippen molar-refractivity contribution in [3.8, 4) is 22.8 Å². The maximum atomic E-state index is 12.2. The number of hydrogen-bond donors (Lipinski definition) is 1. The van der Waals surface area contributed by atoms with Crippen LogP contribution in [0.15, 0.2) is 54.6 Å². The summed E-state index contributed by atoms with van der Waals surface area (Å²) in [5, 5.41) is 7.25. The summed E-state index contributed by atoms with van der Waals surface area (Å²) in [4.78, 5) is 12.2. The van der Waals surface area contributed by atoms with Gasteiger partial charge in [0.1, 0.15) is 11.5 Å². The molecule has 0 aliphatic carbocycles. The molecule has 0 spiro atoms. The molecule has 2 aromatic carbocycles. The molecule has 5 heteroatoms. The van der Waals surface area contributed by atoms with E-state index in [1.165, 1.54) is 6.08 Å². The predicted octanol–water partition coefficient (Wildman–Crippen LogP) is 4.30. The van der Waals surface area contributed by atoms with Crippen LogP contribution in [0.3, 0.4) is 0 Å². The zero-order valence-corrected chi connectivity index (χ0v) is 14.9. The SMILES string of the molecule is COc1ccc(C(=O)/C=C/c2cc(-c3ccc(OC)c(C)c3)n[nH]2)cc1. The van der Waals surface area contributed by atoms with Crippen LogP contribution in [0.4, 0.5) is 0 Å². The van der Waals surface area contributed by atoms with Gasteiger partial charge in [0, 0.05) is 11.1 Å². The number of nitrogens with one attached hydrogen (secondary N) is 1. The molecular formula is C21H20N2O3. The van der Waals surface area contributed by atoms with Gasteiger partial charge in [-0.25, -0.2) is 0 Å². The Kier molecular flexibility index (Phi) is 5.17. The molecule has 132 valence electrons. The van der Waals surface area contributed by atoms with Crippen LogP contribution in [0.5, 0.6) is 11.5 Å². The van der Waals surface area contributed by atoms with Crippen molar-refractivity contribution < 1.29 is 14.3 Å². The second-order valence-electron chi connectivity index (χ2n) is 5.82. The summed E-state index contributed by atoms with van der Waals surface area (Å²) < 4.78 is 10.4. The van der Waals surface area contributed by atoms with Crippen LogP contribution < -0.4 is 9.47 Å². The summed E-state index contributed by atoms with van der Waals surface area (Å²) in [5.74, 6) is 1.48. The molecule has 3 aromatic rings. The van der Waals surface area contributed by atoms with Gasteiger partial charge in [0.05, 0.1) is 25.6 Å². The molecule has 0 saturated heterocycles. The van der Waals surface area contributed by atoms with Crippen molar-refractivity contribution in [1.29, 1.82) is 0 Å². The van der Waals surface area contributed by atoms with Crippen molar-refractivity contribution in [3.63, 3.8) is 0 Å². The van der Waals surface area contributed by atoms with Crippen molar-refractivity contribution in [1.82, 2.24) is 10.2 Å². The highest BCUT2D eigenvalue weighted by atomic mass is 16.5. The van der Waals surface area contributed by atoms with Gasteiger partial charge < -0.3 is 9.47 Å². The van der Waals surface area contributed by atoms with Gasteiger partial charge in [-0.15, -0.1) is 0 Å². The number of H-pyrrole nitrogens is 1. The lowest BCUT2D eigenvalue weighted by molar-refractivity contribution is 0.104. The molecule has 0 fully saturated rings. The largest absolute Gasteiger partial charge is 0.497 e. The van der Waals surface area contributed by atoms with Crippen LogP contribution in [0, 0.1) is 6.92 Å². The molecule has 0 amide bonds. The van der Waals surface area contributed by atoms with E-state index in [0.717, 1.165) is 34.0 Å². The molecule has 3 rings (SSSR count). The number of aryl methyl sites for hydroxylation is 1. The van der Waals surface area contributed by atoms with Gasteiger partial charge in [-0.1, -0.05) is 0 Å². The van der Waals surface area contributed by atoms with E-state index in [1.54, 1.807) is 44.6 Å². The molecule has 1 aromatic heterocycles. The molecular weight excluding hydrogens is 328 g/mol. The first-order chi connectivity index (χ1) is 12.6. The lowest BCUT2D eigenvalue weighted by Crippen LogP contribution is -1.94. The third-order valence-electron chi connectivity index (χ3n) is 4.08. The van der Waals surface area contributed by atoms with Gasteiger partial charge in [0.25, 0.3) is 0 Å².